The molecule has 0 spiro atoms. The van der Waals surface area contributed by atoms with E-state index in [0.717, 1.165) is 34.9 Å². The van der Waals surface area contributed by atoms with E-state index in [9.17, 15) is 4.79 Å². The summed E-state index contributed by atoms with van der Waals surface area (Å²) < 4.78 is 2.24. The van der Waals surface area contributed by atoms with E-state index in [0.29, 0.717) is 21.8 Å². The SMILES string of the molecule is O=C(CSc1nnc(-c2ccc(-c3ccccc3)cc2)n1C1CCCCC1)Nc1ccc(Cl)c(Cl)c1. The van der Waals surface area contributed by atoms with Gasteiger partial charge in [-0.15, -0.1) is 10.2 Å². The van der Waals surface area contributed by atoms with E-state index in [-0.39, 0.29) is 11.7 Å². The molecule has 0 atom stereocenters. The lowest BCUT2D eigenvalue weighted by Crippen LogP contribution is -2.17. The fraction of sp³-hybridized carbons (Fsp3) is 0.250. The van der Waals surface area contributed by atoms with Gasteiger partial charge >= 0.3 is 0 Å². The van der Waals surface area contributed by atoms with Crippen molar-refractivity contribution in [3.05, 3.63) is 82.8 Å². The Kier molecular flexibility index (Phi) is 7.95. The zero-order valence-electron chi connectivity index (χ0n) is 19.7. The van der Waals surface area contributed by atoms with Gasteiger partial charge < -0.3 is 5.32 Å². The van der Waals surface area contributed by atoms with Crippen LogP contribution in [0, 0.1) is 0 Å². The molecule has 5 rings (SSSR count). The minimum Gasteiger partial charge on any atom is -0.325 e. The number of hydrogen-bond donors (Lipinski definition) is 1. The topological polar surface area (TPSA) is 59.8 Å². The number of halogens is 2. The summed E-state index contributed by atoms with van der Waals surface area (Å²) in [6.45, 7) is 0. The van der Waals surface area contributed by atoms with Crippen molar-refractivity contribution in [1.82, 2.24) is 14.8 Å². The van der Waals surface area contributed by atoms with Gasteiger partial charge in [0.2, 0.25) is 5.91 Å². The van der Waals surface area contributed by atoms with Gasteiger partial charge in [0.25, 0.3) is 0 Å². The summed E-state index contributed by atoms with van der Waals surface area (Å²) in [6, 6.07) is 24.2. The molecule has 1 aromatic heterocycles. The Bertz CT molecular complexity index is 1340. The van der Waals surface area contributed by atoms with Crippen LogP contribution >= 0.6 is 35.0 Å². The second-order valence-corrected chi connectivity index (χ2v) is 10.6. The van der Waals surface area contributed by atoms with Crippen LogP contribution in [0.25, 0.3) is 22.5 Å². The third-order valence-corrected chi connectivity index (χ3v) is 8.07. The lowest BCUT2D eigenvalue weighted by Gasteiger charge is -2.25. The number of rotatable bonds is 7. The summed E-state index contributed by atoms with van der Waals surface area (Å²) in [6.07, 6.45) is 5.83. The Labute approximate surface area is 225 Å². The van der Waals surface area contributed by atoms with Gasteiger partial charge in [0.1, 0.15) is 0 Å². The van der Waals surface area contributed by atoms with Crippen LogP contribution in [-0.2, 0) is 4.79 Å². The predicted molar refractivity (Wildman–Crippen MR) is 149 cm³/mol. The molecule has 0 saturated heterocycles. The van der Waals surface area contributed by atoms with Gasteiger partial charge in [0, 0.05) is 17.3 Å². The van der Waals surface area contributed by atoms with Crippen LogP contribution in [0.5, 0.6) is 0 Å². The first-order chi connectivity index (χ1) is 17.6. The highest BCUT2D eigenvalue weighted by molar-refractivity contribution is 7.99. The molecular weight excluding hydrogens is 511 g/mol. The van der Waals surface area contributed by atoms with Crippen molar-refractivity contribution in [2.45, 2.75) is 43.3 Å². The number of carbonyl (C=O) groups is 1. The Morgan fingerprint density at radius 3 is 2.28 bits per heavy atom. The van der Waals surface area contributed by atoms with Gasteiger partial charge in [-0.25, -0.2) is 0 Å². The molecule has 1 fully saturated rings. The second kappa shape index (κ2) is 11.5. The first kappa shape index (κ1) is 24.9. The molecule has 0 aliphatic heterocycles. The third-order valence-electron chi connectivity index (χ3n) is 6.39. The van der Waals surface area contributed by atoms with Crippen LogP contribution in [-0.4, -0.2) is 26.4 Å². The maximum absolute atomic E-state index is 12.7. The quantitative estimate of drug-likeness (QED) is 0.242. The number of benzene rings is 3. The van der Waals surface area contributed by atoms with E-state index in [1.807, 2.05) is 18.2 Å². The summed E-state index contributed by atoms with van der Waals surface area (Å²) in [5, 5.41) is 13.6. The normalized spacial score (nSPS) is 14.1. The molecule has 8 heteroatoms. The zero-order chi connectivity index (χ0) is 24.9. The predicted octanol–water partition coefficient (Wildman–Crippen LogP) is 8.15. The Balaban J connectivity index is 1.36. The van der Waals surface area contributed by atoms with E-state index in [1.165, 1.54) is 36.6 Å². The number of nitrogens with zero attached hydrogens (tertiary/aromatic N) is 3. The highest BCUT2D eigenvalue weighted by atomic mass is 35.5. The number of thioether (sulfide) groups is 1. The smallest absolute Gasteiger partial charge is 0.234 e. The fourth-order valence-corrected chi connectivity index (χ4v) is 5.69. The summed E-state index contributed by atoms with van der Waals surface area (Å²) in [4.78, 5) is 12.7. The molecule has 0 radical (unpaired) electrons. The molecule has 1 heterocycles. The van der Waals surface area contributed by atoms with Crippen LogP contribution in [0.4, 0.5) is 5.69 Å². The molecular formula is C28H26Cl2N4OS. The lowest BCUT2D eigenvalue weighted by atomic mass is 9.95. The maximum Gasteiger partial charge on any atom is 0.234 e. The molecule has 4 aromatic rings. The lowest BCUT2D eigenvalue weighted by molar-refractivity contribution is -0.113. The highest BCUT2D eigenvalue weighted by Gasteiger charge is 2.24. The Morgan fingerprint density at radius 1 is 0.861 bits per heavy atom. The minimum atomic E-state index is -0.134. The third kappa shape index (κ3) is 5.77. The molecule has 5 nitrogen and oxygen atoms in total. The molecule has 1 aliphatic rings. The Morgan fingerprint density at radius 2 is 1.56 bits per heavy atom. The van der Waals surface area contributed by atoms with Crippen LogP contribution in [0.2, 0.25) is 10.0 Å². The van der Waals surface area contributed by atoms with Crippen molar-refractivity contribution >= 4 is 46.6 Å². The Hall–Kier alpha value is -2.80. The minimum absolute atomic E-state index is 0.134. The number of carbonyl (C=O) groups excluding carboxylic acids is 1. The van der Waals surface area contributed by atoms with E-state index in [2.05, 4.69) is 56.5 Å². The molecule has 1 N–H and O–H groups in total. The summed E-state index contributed by atoms with van der Waals surface area (Å²) in [5.41, 5.74) is 3.99. The van der Waals surface area contributed by atoms with E-state index < -0.39 is 0 Å². The second-order valence-electron chi connectivity index (χ2n) is 8.88. The monoisotopic (exact) mass is 536 g/mol. The molecule has 3 aromatic carbocycles. The number of nitrogens with one attached hydrogen (secondary N) is 1. The fourth-order valence-electron chi connectivity index (χ4n) is 4.58. The summed E-state index contributed by atoms with van der Waals surface area (Å²) in [5.74, 6) is 0.942. The first-order valence-corrected chi connectivity index (χ1v) is 13.8. The average molecular weight is 538 g/mol. The van der Waals surface area contributed by atoms with Gasteiger partial charge in [-0.3, -0.25) is 9.36 Å². The van der Waals surface area contributed by atoms with Crippen LogP contribution < -0.4 is 5.32 Å². The first-order valence-electron chi connectivity index (χ1n) is 12.1. The standard InChI is InChI=1S/C28H26Cl2N4OS/c29-24-16-15-22(17-25(24)30)31-26(35)18-36-28-33-32-27(34(28)23-9-5-2-6-10-23)21-13-11-20(12-14-21)19-7-3-1-4-8-19/h1,3-4,7-8,11-17,23H,2,5-6,9-10,18H2,(H,31,35). The van der Waals surface area contributed by atoms with Crippen molar-refractivity contribution in [2.75, 3.05) is 11.1 Å². The largest absolute Gasteiger partial charge is 0.325 e. The zero-order valence-corrected chi connectivity index (χ0v) is 22.0. The number of aromatic nitrogens is 3. The van der Waals surface area contributed by atoms with Crippen LogP contribution in [0.1, 0.15) is 38.1 Å². The van der Waals surface area contributed by atoms with Gasteiger partial charge in [-0.1, -0.05) is 109 Å². The van der Waals surface area contributed by atoms with Crippen molar-refractivity contribution < 1.29 is 4.79 Å². The number of anilines is 1. The van der Waals surface area contributed by atoms with Gasteiger partial charge in [-0.05, 0) is 42.2 Å². The number of hydrogen-bond acceptors (Lipinski definition) is 4. The highest BCUT2D eigenvalue weighted by Crippen LogP contribution is 2.36. The van der Waals surface area contributed by atoms with Gasteiger partial charge in [0.15, 0.2) is 11.0 Å². The molecule has 0 unspecified atom stereocenters. The van der Waals surface area contributed by atoms with E-state index in [1.54, 1.807) is 18.2 Å². The molecule has 1 aliphatic carbocycles. The van der Waals surface area contributed by atoms with Crippen molar-refractivity contribution in [3.8, 4) is 22.5 Å². The van der Waals surface area contributed by atoms with Crippen LogP contribution in [0.3, 0.4) is 0 Å². The molecule has 1 amide bonds. The van der Waals surface area contributed by atoms with Gasteiger partial charge in [0.05, 0.1) is 15.8 Å². The summed E-state index contributed by atoms with van der Waals surface area (Å²) in [7, 11) is 0. The average Bonchev–Trinajstić information content (AvgIpc) is 3.35. The van der Waals surface area contributed by atoms with Crippen molar-refractivity contribution in [2.24, 2.45) is 0 Å². The maximum atomic E-state index is 12.7. The number of amides is 1. The van der Waals surface area contributed by atoms with E-state index >= 15 is 0 Å². The van der Waals surface area contributed by atoms with Gasteiger partial charge in [-0.2, -0.15) is 0 Å². The van der Waals surface area contributed by atoms with Crippen LogP contribution in [0.15, 0.2) is 78.0 Å². The molecule has 0 bridgehead atoms. The molecule has 36 heavy (non-hydrogen) atoms. The summed E-state index contributed by atoms with van der Waals surface area (Å²) >= 11 is 13.5. The molecule has 1 saturated carbocycles. The van der Waals surface area contributed by atoms with Crippen molar-refractivity contribution in [3.63, 3.8) is 0 Å². The van der Waals surface area contributed by atoms with Crippen molar-refractivity contribution in [1.29, 1.82) is 0 Å². The van der Waals surface area contributed by atoms with E-state index in [4.69, 9.17) is 23.2 Å². The molecule has 184 valence electrons.